The van der Waals surface area contributed by atoms with E-state index in [2.05, 4.69) is 20.2 Å². The molecule has 1 spiro atoms. The molecule has 2 aliphatic heterocycles. The van der Waals surface area contributed by atoms with Crippen LogP contribution in [0.15, 0.2) is 36.7 Å². The number of aromatic nitrogens is 2. The number of ether oxygens (including phenoxy) is 4. The molecule has 1 N–H and O–H groups in total. The first-order chi connectivity index (χ1) is 26.2. The molecule has 0 unspecified atom stereocenters. The summed E-state index contributed by atoms with van der Waals surface area (Å²) in [6.07, 6.45) is 1.35. The number of carbonyl (C=O) groups excluding carboxylic acids is 3. The minimum absolute atomic E-state index is 0.00558. The Bertz CT molecular complexity index is 1980. The smallest absolute Gasteiger partial charge is 0.423 e. The molecular formula is C37H46Cl2N8O9. The van der Waals surface area contributed by atoms with Gasteiger partial charge in [-0.25, -0.2) is 24.4 Å². The topological polar surface area (TPSA) is 182 Å². The van der Waals surface area contributed by atoms with E-state index in [1.165, 1.54) is 39.5 Å². The highest BCUT2D eigenvalue weighted by Crippen LogP contribution is 2.47. The van der Waals surface area contributed by atoms with Gasteiger partial charge in [-0.1, -0.05) is 23.2 Å². The number of methoxy groups -OCH3 is 2. The second kappa shape index (κ2) is 16.1. The number of anilines is 5. The number of hydrogen-bond donors (Lipinski definition) is 1. The van der Waals surface area contributed by atoms with Crippen molar-refractivity contribution in [3.8, 4) is 11.5 Å². The Balaban J connectivity index is 1.34. The molecule has 17 nitrogen and oxygen atoms in total. The van der Waals surface area contributed by atoms with E-state index in [0.717, 1.165) is 24.1 Å². The predicted molar refractivity (Wildman–Crippen MR) is 212 cm³/mol. The fraction of sp³-hybridized carbons (Fsp3) is 0.486. The standard InChI is InChI=1S/C37H46Cl2N8O9/c1-35(2,3)55-33(49)44-14-12-37(13-15-44)19-45(20-37)22-10-11-23(24(16-22)47(51)52)42-27-18-28(41-21-40-27)43(7)32(48)46(34(50)56-36(4,5)6)31-29(38)25(53-8)17-26(54-9)30(31)39/h10-11,16-18,21H,12-15,19-20H2,1-9H3,(H,40,41,42). The van der Waals surface area contributed by atoms with Crippen molar-refractivity contribution >= 4 is 75.8 Å². The zero-order valence-corrected chi connectivity index (χ0v) is 34.3. The van der Waals surface area contributed by atoms with Gasteiger partial charge in [-0.05, 0) is 66.5 Å². The van der Waals surface area contributed by atoms with Crippen molar-refractivity contribution in [3.63, 3.8) is 0 Å². The number of nitro groups is 1. The van der Waals surface area contributed by atoms with Crippen LogP contribution < -0.4 is 29.5 Å². The molecule has 2 aromatic carbocycles. The molecule has 0 bridgehead atoms. The lowest BCUT2D eigenvalue weighted by atomic mass is 9.72. The van der Waals surface area contributed by atoms with E-state index < -0.39 is 28.2 Å². The fourth-order valence-electron chi connectivity index (χ4n) is 6.35. The average Bonchev–Trinajstić information content (AvgIpc) is 3.10. The van der Waals surface area contributed by atoms with E-state index in [1.807, 2.05) is 20.8 Å². The van der Waals surface area contributed by atoms with Crippen LogP contribution in [0.4, 0.5) is 48.8 Å². The normalized spacial score (nSPS) is 15.1. The van der Waals surface area contributed by atoms with E-state index in [-0.39, 0.29) is 61.8 Å². The summed E-state index contributed by atoms with van der Waals surface area (Å²) in [6.45, 7) is 13.0. The number of imide groups is 1. The van der Waals surface area contributed by atoms with E-state index in [9.17, 15) is 24.5 Å². The van der Waals surface area contributed by atoms with Gasteiger partial charge in [-0.3, -0.25) is 15.0 Å². The highest BCUT2D eigenvalue weighted by molar-refractivity contribution is 6.43. The van der Waals surface area contributed by atoms with Crippen molar-refractivity contribution in [2.45, 2.75) is 65.6 Å². The largest absolute Gasteiger partial charge is 0.495 e. The Hall–Kier alpha value is -5.29. The molecule has 302 valence electrons. The van der Waals surface area contributed by atoms with Crippen molar-refractivity contribution in [3.05, 3.63) is 56.8 Å². The fourth-order valence-corrected chi connectivity index (χ4v) is 7.02. The number of amides is 4. The summed E-state index contributed by atoms with van der Waals surface area (Å²) < 4.78 is 21.8. The van der Waals surface area contributed by atoms with Crippen LogP contribution in [0.5, 0.6) is 11.5 Å². The van der Waals surface area contributed by atoms with Gasteiger partial charge in [0.15, 0.2) is 0 Å². The van der Waals surface area contributed by atoms with Crippen LogP contribution in [0.3, 0.4) is 0 Å². The predicted octanol–water partition coefficient (Wildman–Crippen LogP) is 8.29. The second-order valence-corrected chi connectivity index (χ2v) is 16.3. The Labute approximate surface area is 334 Å². The molecule has 56 heavy (non-hydrogen) atoms. The minimum atomic E-state index is -1.10. The first-order valence-electron chi connectivity index (χ1n) is 17.7. The van der Waals surface area contributed by atoms with E-state index in [4.69, 9.17) is 42.1 Å². The zero-order valence-electron chi connectivity index (χ0n) is 32.8. The minimum Gasteiger partial charge on any atom is -0.495 e. The van der Waals surface area contributed by atoms with Crippen LogP contribution in [0, 0.1) is 15.5 Å². The third kappa shape index (κ3) is 9.21. The van der Waals surface area contributed by atoms with Gasteiger partial charge < -0.3 is 34.1 Å². The van der Waals surface area contributed by atoms with Crippen molar-refractivity contribution in [1.82, 2.24) is 14.9 Å². The van der Waals surface area contributed by atoms with Crippen LogP contribution in [0.25, 0.3) is 0 Å². The quantitative estimate of drug-likeness (QED) is 0.169. The third-order valence-electron chi connectivity index (χ3n) is 9.16. The molecule has 0 saturated carbocycles. The number of urea groups is 1. The van der Waals surface area contributed by atoms with E-state index >= 15 is 0 Å². The molecule has 3 heterocycles. The third-order valence-corrected chi connectivity index (χ3v) is 9.89. The first kappa shape index (κ1) is 41.9. The molecule has 3 aromatic rings. The molecule has 4 amide bonds. The van der Waals surface area contributed by atoms with Gasteiger partial charge in [0, 0.05) is 62.5 Å². The van der Waals surface area contributed by atoms with Gasteiger partial charge in [0.05, 0.1) is 19.1 Å². The number of nitrogens with one attached hydrogen (secondary N) is 1. The van der Waals surface area contributed by atoms with Crippen molar-refractivity contribution in [1.29, 1.82) is 0 Å². The van der Waals surface area contributed by atoms with Crippen molar-refractivity contribution < 1.29 is 38.3 Å². The molecule has 0 aliphatic carbocycles. The number of benzene rings is 2. The molecular weight excluding hydrogens is 771 g/mol. The lowest BCUT2D eigenvalue weighted by molar-refractivity contribution is -0.383. The molecule has 2 fully saturated rings. The lowest BCUT2D eigenvalue weighted by Crippen LogP contribution is -2.61. The Morgan fingerprint density at radius 2 is 1.50 bits per heavy atom. The highest BCUT2D eigenvalue weighted by Gasteiger charge is 2.46. The Morgan fingerprint density at radius 1 is 0.911 bits per heavy atom. The van der Waals surface area contributed by atoms with Crippen LogP contribution >= 0.6 is 23.2 Å². The van der Waals surface area contributed by atoms with Gasteiger partial charge >= 0.3 is 18.2 Å². The number of nitro benzene ring substituents is 1. The zero-order chi connectivity index (χ0) is 41.3. The maximum Gasteiger partial charge on any atom is 0.423 e. The number of halogens is 2. The molecule has 2 saturated heterocycles. The van der Waals surface area contributed by atoms with Gasteiger partial charge in [-0.15, -0.1) is 0 Å². The molecule has 5 rings (SSSR count). The highest BCUT2D eigenvalue weighted by atomic mass is 35.5. The Kier molecular flexibility index (Phi) is 12.0. The maximum absolute atomic E-state index is 14.2. The number of nitrogens with zero attached hydrogens (tertiary/aromatic N) is 7. The number of likely N-dealkylation sites (tertiary alicyclic amines) is 1. The second-order valence-electron chi connectivity index (χ2n) is 15.6. The number of rotatable bonds is 8. The van der Waals surface area contributed by atoms with Crippen LogP contribution in [0.2, 0.25) is 10.0 Å². The van der Waals surface area contributed by atoms with Crippen LogP contribution in [0.1, 0.15) is 54.4 Å². The maximum atomic E-state index is 14.2. The Morgan fingerprint density at radius 3 is 2.04 bits per heavy atom. The molecule has 0 atom stereocenters. The monoisotopic (exact) mass is 816 g/mol. The summed E-state index contributed by atoms with van der Waals surface area (Å²) >= 11 is 13.2. The number of hydrogen-bond acceptors (Lipinski definition) is 13. The van der Waals surface area contributed by atoms with Gasteiger partial charge in [-0.2, -0.15) is 4.90 Å². The van der Waals surface area contributed by atoms with Crippen LogP contribution in [-0.4, -0.2) is 96.7 Å². The SMILES string of the molecule is COc1cc(OC)c(Cl)c(N(C(=O)OC(C)(C)C)C(=O)N(C)c2cc(Nc3ccc(N4CC5(CCN(C(=O)OC(C)(C)C)CC5)C4)cc3[N+](=O)[O-])ncn2)c1Cl. The lowest BCUT2D eigenvalue weighted by Gasteiger charge is -2.54. The molecule has 19 heteroatoms. The average molecular weight is 818 g/mol. The van der Waals surface area contributed by atoms with Crippen molar-refractivity contribution in [2.75, 3.05) is 67.5 Å². The van der Waals surface area contributed by atoms with Gasteiger partial charge in [0.1, 0.15) is 62.1 Å². The van der Waals surface area contributed by atoms with E-state index in [1.54, 1.807) is 37.8 Å². The first-order valence-corrected chi connectivity index (χ1v) is 18.4. The molecule has 1 aromatic heterocycles. The summed E-state index contributed by atoms with van der Waals surface area (Å²) in [5.74, 6) is 0.267. The summed E-state index contributed by atoms with van der Waals surface area (Å²) in [7, 11) is 4.04. The summed E-state index contributed by atoms with van der Waals surface area (Å²) in [4.78, 5) is 66.1. The summed E-state index contributed by atoms with van der Waals surface area (Å²) in [5.41, 5.74) is -1.19. The number of carbonyl (C=O) groups is 3. The van der Waals surface area contributed by atoms with E-state index in [0.29, 0.717) is 36.8 Å². The van der Waals surface area contributed by atoms with Gasteiger partial charge in [0.2, 0.25) is 0 Å². The van der Waals surface area contributed by atoms with Crippen molar-refractivity contribution in [2.24, 2.45) is 5.41 Å². The number of piperidine rings is 1. The summed E-state index contributed by atoms with van der Waals surface area (Å²) in [5, 5.41) is 14.9. The van der Waals surface area contributed by atoms with Gasteiger partial charge in [0.25, 0.3) is 5.69 Å². The molecule has 0 radical (unpaired) electrons. The summed E-state index contributed by atoms with van der Waals surface area (Å²) in [6, 6.07) is 6.68. The molecule has 2 aliphatic rings. The van der Waals surface area contributed by atoms with Crippen LogP contribution in [-0.2, 0) is 9.47 Å².